The molecule has 1 aromatic rings. The monoisotopic (exact) mass is 331 g/mol. The summed E-state index contributed by atoms with van der Waals surface area (Å²) in [5.41, 5.74) is 0. The van der Waals surface area contributed by atoms with Crippen LogP contribution in [0.1, 0.15) is 39.0 Å². The number of nitrogens with zero attached hydrogens (tertiary/aromatic N) is 4. The Labute approximate surface area is 144 Å². The van der Waals surface area contributed by atoms with Crippen LogP contribution in [0.15, 0.2) is 18.5 Å². The van der Waals surface area contributed by atoms with Crippen molar-refractivity contribution < 1.29 is 4.79 Å². The third kappa shape index (κ3) is 4.44. The second kappa shape index (κ2) is 8.42. The summed E-state index contributed by atoms with van der Waals surface area (Å²) in [4.78, 5) is 25.6. The number of hydrogen-bond acceptors (Lipinski definition) is 5. The fraction of sp³-hybridized carbons (Fsp3) is 0.722. The average Bonchev–Trinajstić information content (AvgIpc) is 2.64. The van der Waals surface area contributed by atoms with Crippen molar-refractivity contribution in [3.8, 4) is 0 Å². The number of aromatic nitrogens is 2. The number of amides is 1. The molecule has 0 aliphatic carbocycles. The number of likely N-dealkylation sites (tertiary alicyclic amines) is 1. The fourth-order valence-electron chi connectivity index (χ4n) is 3.75. The first-order chi connectivity index (χ1) is 11.7. The molecular formula is C18H29N5O. The molecule has 2 aliphatic rings. The fourth-order valence-corrected chi connectivity index (χ4v) is 3.75. The number of carbonyl (C=O) groups is 1. The van der Waals surface area contributed by atoms with E-state index < -0.39 is 0 Å². The molecule has 2 aliphatic heterocycles. The van der Waals surface area contributed by atoms with E-state index in [1.54, 1.807) is 12.4 Å². The summed E-state index contributed by atoms with van der Waals surface area (Å²) < 4.78 is 0. The molecule has 0 aromatic carbocycles. The van der Waals surface area contributed by atoms with Crippen LogP contribution in [0.5, 0.6) is 0 Å². The van der Waals surface area contributed by atoms with Gasteiger partial charge in [0.25, 0.3) is 0 Å². The van der Waals surface area contributed by atoms with E-state index in [9.17, 15) is 4.79 Å². The van der Waals surface area contributed by atoms with Crippen LogP contribution in [0.2, 0.25) is 0 Å². The van der Waals surface area contributed by atoms with E-state index in [0.29, 0.717) is 6.04 Å². The Kier molecular flexibility index (Phi) is 6.01. The molecule has 6 heteroatoms. The number of hydrogen-bond donors (Lipinski definition) is 1. The van der Waals surface area contributed by atoms with E-state index in [2.05, 4.69) is 32.0 Å². The molecule has 6 nitrogen and oxygen atoms in total. The third-order valence-corrected chi connectivity index (χ3v) is 5.34. The van der Waals surface area contributed by atoms with Crippen molar-refractivity contribution in [1.29, 1.82) is 0 Å². The zero-order valence-electron chi connectivity index (χ0n) is 14.7. The first kappa shape index (κ1) is 17.1. The summed E-state index contributed by atoms with van der Waals surface area (Å²) >= 11 is 0. The molecule has 2 fully saturated rings. The first-order valence-electron chi connectivity index (χ1n) is 9.28. The van der Waals surface area contributed by atoms with Crippen molar-refractivity contribution in [2.75, 3.05) is 37.6 Å². The maximum atomic E-state index is 12.4. The molecule has 1 amide bonds. The summed E-state index contributed by atoms with van der Waals surface area (Å²) in [5, 5.41) is 3.14. The highest BCUT2D eigenvalue weighted by molar-refractivity contribution is 5.78. The third-order valence-electron chi connectivity index (χ3n) is 5.34. The molecule has 0 saturated carbocycles. The number of nitrogens with one attached hydrogen (secondary N) is 1. The van der Waals surface area contributed by atoms with Crippen LogP contribution in [0, 0.1) is 5.92 Å². The van der Waals surface area contributed by atoms with E-state index in [0.717, 1.165) is 45.0 Å². The van der Waals surface area contributed by atoms with Crippen molar-refractivity contribution in [2.24, 2.45) is 5.92 Å². The molecule has 0 bridgehead atoms. The van der Waals surface area contributed by atoms with Crippen LogP contribution in [0.25, 0.3) is 0 Å². The van der Waals surface area contributed by atoms with Crippen molar-refractivity contribution >= 4 is 11.9 Å². The zero-order valence-corrected chi connectivity index (χ0v) is 14.7. The van der Waals surface area contributed by atoms with Crippen LogP contribution < -0.4 is 10.2 Å². The lowest BCUT2D eigenvalue weighted by molar-refractivity contribution is -0.125. The summed E-state index contributed by atoms with van der Waals surface area (Å²) in [5.74, 6) is 1.12. The maximum Gasteiger partial charge on any atom is 0.225 e. The molecule has 0 unspecified atom stereocenters. The predicted octanol–water partition coefficient (Wildman–Crippen LogP) is 1.68. The lowest BCUT2D eigenvalue weighted by Crippen LogP contribution is -2.45. The Morgan fingerprint density at radius 1 is 1.17 bits per heavy atom. The molecule has 1 N–H and O–H groups in total. The standard InChI is InChI=1S/C18H29N5O/c1-15-5-2-3-11-22(15)14-10-19-17(24)16-6-12-23(13-7-16)18-20-8-4-9-21-18/h4,8-9,15-16H,2-3,5-7,10-14H2,1H3,(H,19,24)/t15-/m1/s1. The van der Waals surface area contributed by atoms with Crippen LogP contribution in [-0.2, 0) is 4.79 Å². The second-order valence-electron chi connectivity index (χ2n) is 6.98. The average molecular weight is 331 g/mol. The Morgan fingerprint density at radius 2 is 1.92 bits per heavy atom. The number of anilines is 1. The van der Waals surface area contributed by atoms with Crippen molar-refractivity contribution in [1.82, 2.24) is 20.2 Å². The van der Waals surface area contributed by atoms with Gasteiger partial charge in [-0.3, -0.25) is 9.69 Å². The summed E-state index contributed by atoms with van der Waals surface area (Å²) in [6, 6.07) is 2.48. The van der Waals surface area contributed by atoms with Gasteiger partial charge in [0.1, 0.15) is 0 Å². The normalized spacial score (nSPS) is 23.2. The molecule has 3 heterocycles. The van der Waals surface area contributed by atoms with Gasteiger partial charge in [-0.15, -0.1) is 0 Å². The summed E-state index contributed by atoms with van der Waals surface area (Å²) in [6.45, 7) is 6.92. The van der Waals surface area contributed by atoms with Crippen LogP contribution >= 0.6 is 0 Å². The van der Waals surface area contributed by atoms with Gasteiger partial charge in [-0.05, 0) is 45.2 Å². The van der Waals surface area contributed by atoms with Gasteiger partial charge >= 0.3 is 0 Å². The lowest BCUT2D eigenvalue weighted by atomic mass is 9.96. The number of carbonyl (C=O) groups excluding carboxylic acids is 1. The van der Waals surface area contributed by atoms with E-state index in [1.165, 1.54) is 25.8 Å². The number of piperidine rings is 2. The Hall–Kier alpha value is -1.69. The predicted molar refractivity (Wildman–Crippen MR) is 94.9 cm³/mol. The minimum atomic E-state index is 0.128. The van der Waals surface area contributed by atoms with Crippen molar-refractivity contribution in [3.05, 3.63) is 18.5 Å². The van der Waals surface area contributed by atoms with Crippen LogP contribution in [-0.4, -0.2) is 59.5 Å². The highest BCUT2D eigenvalue weighted by atomic mass is 16.1. The Morgan fingerprint density at radius 3 is 2.62 bits per heavy atom. The topological polar surface area (TPSA) is 61.4 Å². The van der Waals surface area contributed by atoms with Crippen LogP contribution in [0.4, 0.5) is 5.95 Å². The molecule has 0 radical (unpaired) electrons. The second-order valence-corrected chi connectivity index (χ2v) is 6.98. The Bertz CT molecular complexity index is 515. The molecule has 24 heavy (non-hydrogen) atoms. The van der Waals surface area contributed by atoms with Gasteiger partial charge in [0, 0.05) is 50.5 Å². The largest absolute Gasteiger partial charge is 0.355 e. The first-order valence-corrected chi connectivity index (χ1v) is 9.28. The summed E-state index contributed by atoms with van der Waals surface area (Å²) in [6.07, 6.45) is 9.21. The van der Waals surface area contributed by atoms with E-state index >= 15 is 0 Å². The van der Waals surface area contributed by atoms with E-state index in [4.69, 9.17) is 0 Å². The van der Waals surface area contributed by atoms with Crippen LogP contribution in [0.3, 0.4) is 0 Å². The van der Waals surface area contributed by atoms with E-state index in [1.807, 2.05) is 6.07 Å². The zero-order chi connectivity index (χ0) is 16.8. The van der Waals surface area contributed by atoms with Crippen molar-refractivity contribution in [3.63, 3.8) is 0 Å². The molecule has 0 spiro atoms. The molecule has 1 aromatic heterocycles. The summed E-state index contributed by atoms with van der Waals surface area (Å²) in [7, 11) is 0. The highest BCUT2D eigenvalue weighted by Crippen LogP contribution is 2.20. The van der Waals surface area contributed by atoms with Gasteiger partial charge in [0.2, 0.25) is 11.9 Å². The van der Waals surface area contributed by atoms with Gasteiger partial charge in [-0.1, -0.05) is 6.42 Å². The number of rotatable bonds is 5. The minimum absolute atomic E-state index is 0.128. The lowest BCUT2D eigenvalue weighted by Gasteiger charge is -2.34. The molecule has 2 saturated heterocycles. The van der Waals surface area contributed by atoms with Gasteiger partial charge in [0.15, 0.2) is 0 Å². The minimum Gasteiger partial charge on any atom is -0.355 e. The smallest absolute Gasteiger partial charge is 0.225 e. The van der Waals surface area contributed by atoms with Gasteiger partial charge in [-0.2, -0.15) is 0 Å². The van der Waals surface area contributed by atoms with E-state index in [-0.39, 0.29) is 11.8 Å². The highest BCUT2D eigenvalue weighted by Gasteiger charge is 2.26. The molecule has 3 rings (SSSR count). The molecular weight excluding hydrogens is 302 g/mol. The molecule has 1 atom stereocenters. The quantitative estimate of drug-likeness (QED) is 0.889. The SMILES string of the molecule is C[C@@H]1CCCCN1CCNC(=O)C1CCN(c2ncccn2)CC1. The van der Waals surface area contributed by atoms with Gasteiger partial charge < -0.3 is 10.2 Å². The molecule has 132 valence electrons. The van der Waals surface area contributed by atoms with Gasteiger partial charge in [0.05, 0.1) is 0 Å². The maximum absolute atomic E-state index is 12.4. The van der Waals surface area contributed by atoms with Crippen molar-refractivity contribution in [2.45, 2.75) is 45.1 Å². The Balaban J connectivity index is 1.37. The van der Waals surface area contributed by atoms with Gasteiger partial charge in [-0.25, -0.2) is 9.97 Å².